The van der Waals surface area contributed by atoms with Crippen molar-refractivity contribution in [2.24, 2.45) is 0 Å². The Labute approximate surface area is 189 Å². The Morgan fingerprint density at radius 1 is 1.13 bits per heavy atom. The number of halogens is 1. The zero-order valence-corrected chi connectivity index (χ0v) is 19.1. The predicted octanol–water partition coefficient (Wildman–Crippen LogP) is 4.33. The van der Waals surface area contributed by atoms with E-state index in [0.29, 0.717) is 10.7 Å². The number of carbonyl (C=O) groups is 2. The van der Waals surface area contributed by atoms with E-state index in [2.05, 4.69) is 5.32 Å². The summed E-state index contributed by atoms with van der Waals surface area (Å²) in [5.74, 6) is -1.31. The monoisotopic (exact) mass is 478 g/mol. The van der Waals surface area contributed by atoms with E-state index >= 15 is 0 Å². The first-order valence-corrected chi connectivity index (χ1v) is 11.7. The maximum atomic E-state index is 13.5. The topological polar surface area (TPSA) is 92.8 Å². The van der Waals surface area contributed by atoms with Crippen molar-refractivity contribution >= 4 is 56.2 Å². The van der Waals surface area contributed by atoms with Crippen molar-refractivity contribution in [2.75, 3.05) is 23.3 Å². The summed E-state index contributed by atoms with van der Waals surface area (Å²) in [5, 5.41) is 4.59. The summed E-state index contributed by atoms with van der Waals surface area (Å²) in [4.78, 5) is 24.5. The molecule has 3 aromatic rings. The van der Waals surface area contributed by atoms with Gasteiger partial charge in [-0.3, -0.25) is 9.10 Å². The van der Waals surface area contributed by atoms with Gasteiger partial charge in [-0.2, -0.15) is 0 Å². The van der Waals surface area contributed by atoms with Crippen LogP contribution in [-0.2, 0) is 19.6 Å². The van der Waals surface area contributed by atoms with Crippen LogP contribution in [0.3, 0.4) is 0 Å². The third kappa shape index (κ3) is 5.25. The highest BCUT2D eigenvalue weighted by Crippen LogP contribution is 2.30. The van der Waals surface area contributed by atoms with E-state index in [1.165, 1.54) is 42.8 Å². The second-order valence-corrected chi connectivity index (χ2v) is 9.69. The number of thiophene rings is 1. The summed E-state index contributed by atoms with van der Waals surface area (Å²) in [6.45, 7) is 1.37. The maximum Gasteiger partial charge on any atom is 0.349 e. The molecule has 0 fully saturated rings. The lowest BCUT2D eigenvalue weighted by Gasteiger charge is -2.24. The molecule has 0 spiro atoms. The van der Waals surface area contributed by atoms with Crippen molar-refractivity contribution in [3.8, 4) is 0 Å². The molecule has 0 aliphatic rings. The number of methoxy groups -OCH3 is 1. The Hall–Kier alpha value is -2.88. The molecule has 1 aromatic heterocycles. The lowest BCUT2D eigenvalue weighted by Crippen LogP contribution is -2.38. The number of hydrogen-bond donors (Lipinski definition) is 1. The summed E-state index contributed by atoms with van der Waals surface area (Å²) >= 11 is 6.88. The summed E-state index contributed by atoms with van der Waals surface area (Å²) < 4.78 is 32.6. The molecule has 3 rings (SSSR count). The van der Waals surface area contributed by atoms with Gasteiger partial charge >= 0.3 is 5.97 Å². The third-order valence-electron chi connectivity index (χ3n) is 4.27. The number of nitrogens with one attached hydrogen (secondary N) is 1. The fourth-order valence-corrected chi connectivity index (χ4v) is 5.69. The van der Waals surface area contributed by atoms with E-state index in [1.54, 1.807) is 18.2 Å². The van der Waals surface area contributed by atoms with Crippen LogP contribution in [0.25, 0.3) is 0 Å². The molecule has 0 aliphatic heterocycles. The Morgan fingerprint density at radius 2 is 1.84 bits per heavy atom. The number of hydrogen-bond acceptors (Lipinski definition) is 6. The van der Waals surface area contributed by atoms with Gasteiger partial charge in [0, 0.05) is 10.7 Å². The van der Waals surface area contributed by atoms with Crippen LogP contribution in [0.4, 0.5) is 11.4 Å². The second-order valence-electron chi connectivity index (χ2n) is 6.51. The van der Waals surface area contributed by atoms with Gasteiger partial charge in [-0.1, -0.05) is 23.7 Å². The Kier molecular flexibility index (Phi) is 6.99. The Bertz CT molecular complexity index is 1210. The van der Waals surface area contributed by atoms with Gasteiger partial charge in [0.25, 0.3) is 10.0 Å². The number of amides is 1. The molecule has 1 amide bonds. The van der Waals surface area contributed by atoms with Crippen LogP contribution in [0, 0.1) is 6.92 Å². The highest BCUT2D eigenvalue weighted by Gasteiger charge is 2.32. The Balaban J connectivity index is 1.99. The van der Waals surface area contributed by atoms with E-state index < -0.39 is 28.4 Å². The standard InChI is InChI=1S/C21H19ClN2O5S2/c1-14-4-3-5-16(12-14)23-19(25)13-24(17-8-6-15(22)7-9-17)31(27,28)18-10-11-30-20(18)21(26)29-2/h3-12H,13H2,1-2H3,(H,23,25). The molecule has 2 aromatic carbocycles. The highest BCUT2D eigenvalue weighted by atomic mass is 35.5. The zero-order valence-electron chi connectivity index (χ0n) is 16.7. The number of nitrogens with zero attached hydrogens (tertiary/aromatic N) is 1. The molecule has 0 aliphatic carbocycles. The smallest absolute Gasteiger partial charge is 0.349 e. The molecule has 31 heavy (non-hydrogen) atoms. The molecule has 0 saturated carbocycles. The molecule has 10 heteroatoms. The first kappa shape index (κ1) is 22.8. The number of sulfonamides is 1. The molecule has 0 atom stereocenters. The molecule has 0 unspecified atom stereocenters. The number of benzene rings is 2. The minimum absolute atomic E-state index is 0.0689. The SMILES string of the molecule is COC(=O)c1sccc1S(=O)(=O)N(CC(=O)Nc1cccc(C)c1)c1ccc(Cl)cc1. The number of carbonyl (C=O) groups excluding carboxylic acids is 2. The normalized spacial score (nSPS) is 11.1. The first-order valence-electron chi connectivity index (χ1n) is 9.03. The molecular formula is C21H19ClN2O5S2. The van der Waals surface area contributed by atoms with E-state index in [9.17, 15) is 18.0 Å². The fraction of sp³-hybridized carbons (Fsp3) is 0.143. The largest absolute Gasteiger partial charge is 0.465 e. The number of esters is 1. The lowest BCUT2D eigenvalue weighted by molar-refractivity contribution is -0.114. The molecule has 7 nitrogen and oxygen atoms in total. The third-order valence-corrected chi connectivity index (χ3v) is 7.36. The number of ether oxygens (including phenoxy) is 1. The van der Waals surface area contributed by atoms with Gasteiger partial charge in [0.15, 0.2) is 0 Å². The summed E-state index contributed by atoms with van der Waals surface area (Å²) in [5.41, 5.74) is 1.72. The van der Waals surface area contributed by atoms with Gasteiger partial charge in [0.2, 0.25) is 5.91 Å². The summed E-state index contributed by atoms with van der Waals surface area (Å²) in [7, 11) is -3.09. The quantitative estimate of drug-likeness (QED) is 0.510. The second kappa shape index (κ2) is 9.51. The van der Waals surface area contributed by atoms with Gasteiger partial charge in [0.1, 0.15) is 16.3 Å². The van der Waals surface area contributed by atoms with E-state index in [0.717, 1.165) is 21.2 Å². The van der Waals surface area contributed by atoms with Crippen LogP contribution in [0.2, 0.25) is 5.02 Å². The zero-order chi connectivity index (χ0) is 22.6. The minimum atomic E-state index is -4.27. The van der Waals surface area contributed by atoms with Gasteiger partial charge in [-0.25, -0.2) is 13.2 Å². The van der Waals surface area contributed by atoms with Crippen LogP contribution in [0.15, 0.2) is 64.9 Å². The maximum absolute atomic E-state index is 13.5. The van der Waals surface area contributed by atoms with E-state index in [1.807, 2.05) is 13.0 Å². The molecular weight excluding hydrogens is 460 g/mol. The van der Waals surface area contributed by atoms with Crippen molar-refractivity contribution in [1.29, 1.82) is 0 Å². The molecule has 162 valence electrons. The lowest BCUT2D eigenvalue weighted by atomic mass is 10.2. The molecule has 0 bridgehead atoms. The predicted molar refractivity (Wildman–Crippen MR) is 121 cm³/mol. The van der Waals surface area contributed by atoms with Crippen molar-refractivity contribution in [3.63, 3.8) is 0 Å². The van der Waals surface area contributed by atoms with E-state index in [-0.39, 0.29) is 15.5 Å². The van der Waals surface area contributed by atoms with Gasteiger partial charge < -0.3 is 10.1 Å². The van der Waals surface area contributed by atoms with Crippen molar-refractivity contribution in [2.45, 2.75) is 11.8 Å². The van der Waals surface area contributed by atoms with Crippen molar-refractivity contribution in [3.05, 3.63) is 75.4 Å². The first-order chi connectivity index (χ1) is 14.7. The number of anilines is 2. The van der Waals surface area contributed by atoms with E-state index in [4.69, 9.17) is 16.3 Å². The molecule has 1 heterocycles. The van der Waals surface area contributed by atoms with Crippen LogP contribution in [-0.4, -0.2) is 33.9 Å². The van der Waals surface area contributed by atoms with Crippen LogP contribution in [0.5, 0.6) is 0 Å². The van der Waals surface area contributed by atoms with Gasteiger partial charge in [-0.05, 0) is 60.3 Å². The molecule has 0 radical (unpaired) electrons. The minimum Gasteiger partial charge on any atom is -0.465 e. The van der Waals surface area contributed by atoms with Gasteiger partial charge in [-0.15, -0.1) is 11.3 Å². The van der Waals surface area contributed by atoms with Crippen LogP contribution in [0.1, 0.15) is 15.2 Å². The average Bonchev–Trinajstić information content (AvgIpc) is 3.23. The van der Waals surface area contributed by atoms with Crippen molar-refractivity contribution in [1.82, 2.24) is 0 Å². The highest BCUT2D eigenvalue weighted by molar-refractivity contribution is 7.93. The van der Waals surface area contributed by atoms with Crippen LogP contribution >= 0.6 is 22.9 Å². The van der Waals surface area contributed by atoms with Gasteiger partial charge in [0.05, 0.1) is 12.8 Å². The summed E-state index contributed by atoms with van der Waals surface area (Å²) in [6, 6.07) is 14.5. The van der Waals surface area contributed by atoms with Crippen molar-refractivity contribution < 1.29 is 22.7 Å². The molecule has 1 N–H and O–H groups in total. The van der Waals surface area contributed by atoms with Crippen LogP contribution < -0.4 is 9.62 Å². The average molecular weight is 479 g/mol. The summed E-state index contributed by atoms with van der Waals surface area (Å²) in [6.07, 6.45) is 0. The molecule has 0 saturated heterocycles. The Morgan fingerprint density at radius 3 is 2.48 bits per heavy atom. The number of rotatable bonds is 7. The number of aryl methyl sites for hydroxylation is 1. The fourth-order valence-electron chi connectivity index (χ4n) is 2.84.